The Morgan fingerprint density at radius 1 is 1.59 bits per heavy atom. The van der Waals surface area contributed by atoms with Crippen molar-refractivity contribution in [2.75, 3.05) is 0 Å². The van der Waals surface area contributed by atoms with E-state index in [1.54, 1.807) is 6.92 Å². The van der Waals surface area contributed by atoms with E-state index in [-0.39, 0.29) is 17.1 Å². The van der Waals surface area contributed by atoms with Crippen LogP contribution in [0.5, 0.6) is 5.88 Å². The maximum Gasteiger partial charge on any atom is 0.271 e. The van der Waals surface area contributed by atoms with Gasteiger partial charge in [-0.1, -0.05) is 13.3 Å². The van der Waals surface area contributed by atoms with Crippen LogP contribution in [0.2, 0.25) is 0 Å². The molecule has 0 bridgehead atoms. The molecule has 0 fully saturated rings. The molecule has 0 aromatic carbocycles. The lowest BCUT2D eigenvalue weighted by molar-refractivity contribution is 0.402. The minimum Gasteiger partial charge on any atom is -0.493 e. The van der Waals surface area contributed by atoms with Crippen LogP contribution in [0.4, 0.5) is 5.69 Å². The molecule has 1 aromatic rings. The van der Waals surface area contributed by atoms with Gasteiger partial charge in [-0.05, 0) is 20.1 Å². The largest absolute Gasteiger partial charge is 0.493 e. The maximum absolute atomic E-state index is 11.9. The van der Waals surface area contributed by atoms with Crippen molar-refractivity contribution in [2.24, 2.45) is 4.99 Å². The third-order valence-corrected chi connectivity index (χ3v) is 2.66. The van der Waals surface area contributed by atoms with E-state index in [0.29, 0.717) is 12.1 Å². The van der Waals surface area contributed by atoms with E-state index in [1.165, 1.54) is 4.57 Å². The highest BCUT2D eigenvalue weighted by Crippen LogP contribution is 2.29. The minimum atomic E-state index is -0.469. The average molecular weight is 233 g/mol. The third kappa shape index (κ3) is 2.21. The summed E-state index contributed by atoms with van der Waals surface area (Å²) < 4.78 is 1.18. The Balaban J connectivity index is 3.55. The Hall–Kier alpha value is -2.09. The van der Waals surface area contributed by atoms with Crippen molar-refractivity contribution in [3.63, 3.8) is 0 Å². The van der Waals surface area contributed by atoms with E-state index < -0.39 is 5.56 Å². The van der Waals surface area contributed by atoms with Crippen molar-refractivity contribution in [3.8, 4) is 11.9 Å². The van der Waals surface area contributed by atoms with Gasteiger partial charge in [-0.25, -0.2) is 0 Å². The Labute approximate surface area is 99.7 Å². The molecule has 0 unspecified atom stereocenters. The molecule has 0 aliphatic carbocycles. The van der Waals surface area contributed by atoms with Crippen molar-refractivity contribution in [1.29, 1.82) is 5.26 Å². The topological polar surface area (TPSA) is 78.4 Å². The predicted molar refractivity (Wildman–Crippen MR) is 65.9 cm³/mol. The van der Waals surface area contributed by atoms with Gasteiger partial charge in [0, 0.05) is 12.1 Å². The fourth-order valence-electron chi connectivity index (χ4n) is 1.65. The Morgan fingerprint density at radius 3 is 2.71 bits per heavy atom. The smallest absolute Gasteiger partial charge is 0.271 e. The fourth-order valence-corrected chi connectivity index (χ4v) is 1.65. The predicted octanol–water partition coefficient (Wildman–Crippen LogP) is 1.87. The van der Waals surface area contributed by atoms with Crippen LogP contribution in [0.1, 0.15) is 30.9 Å². The highest BCUT2D eigenvalue weighted by molar-refractivity contribution is 5.62. The summed E-state index contributed by atoms with van der Waals surface area (Å²) >= 11 is 0. The lowest BCUT2D eigenvalue weighted by Gasteiger charge is -2.12. The lowest BCUT2D eigenvalue weighted by atomic mass is 10.1. The standard InChI is InChI=1S/C12H15N3O2/c1-4-5-6-15-11(16)9(7-13)8(2)10(14-3)12(15)17/h17H,3-6H2,1-2H3. The highest BCUT2D eigenvalue weighted by atomic mass is 16.3. The van der Waals surface area contributed by atoms with Gasteiger partial charge < -0.3 is 5.11 Å². The van der Waals surface area contributed by atoms with E-state index in [1.807, 2.05) is 13.0 Å². The van der Waals surface area contributed by atoms with Crippen molar-refractivity contribution in [1.82, 2.24) is 4.57 Å². The number of pyridine rings is 1. The van der Waals surface area contributed by atoms with E-state index in [2.05, 4.69) is 11.7 Å². The van der Waals surface area contributed by atoms with Crippen molar-refractivity contribution in [2.45, 2.75) is 33.2 Å². The number of nitrogens with zero attached hydrogens (tertiary/aromatic N) is 3. The van der Waals surface area contributed by atoms with E-state index in [4.69, 9.17) is 5.26 Å². The van der Waals surface area contributed by atoms with Gasteiger partial charge in [0.1, 0.15) is 17.3 Å². The van der Waals surface area contributed by atoms with Crippen LogP contribution in [0, 0.1) is 18.3 Å². The van der Waals surface area contributed by atoms with Crippen LogP contribution < -0.4 is 5.56 Å². The first kappa shape index (κ1) is 13.0. The summed E-state index contributed by atoms with van der Waals surface area (Å²) in [5.41, 5.74) is 0.125. The molecule has 0 aliphatic rings. The summed E-state index contributed by atoms with van der Waals surface area (Å²) in [6.45, 7) is 7.28. The molecule has 0 atom stereocenters. The molecule has 0 saturated carbocycles. The van der Waals surface area contributed by atoms with Gasteiger partial charge >= 0.3 is 0 Å². The van der Waals surface area contributed by atoms with Gasteiger partial charge in [-0.3, -0.25) is 14.4 Å². The number of aromatic nitrogens is 1. The SMILES string of the molecule is C=Nc1c(C)c(C#N)c(=O)n(CCCC)c1O. The van der Waals surface area contributed by atoms with Gasteiger partial charge in [0.25, 0.3) is 5.56 Å². The number of hydrogen-bond acceptors (Lipinski definition) is 4. The monoisotopic (exact) mass is 233 g/mol. The highest BCUT2D eigenvalue weighted by Gasteiger charge is 2.17. The van der Waals surface area contributed by atoms with Gasteiger partial charge in [0.05, 0.1) is 0 Å². The van der Waals surface area contributed by atoms with Crippen molar-refractivity contribution in [3.05, 3.63) is 21.5 Å². The normalized spacial score (nSPS) is 9.94. The summed E-state index contributed by atoms with van der Waals surface area (Å²) in [4.78, 5) is 15.6. The molecule has 1 rings (SSSR count). The zero-order valence-electron chi connectivity index (χ0n) is 10.0. The summed E-state index contributed by atoms with van der Waals surface area (Å²) in [6, 6.07) is 1.85. The van der Waals surface area contributed by atoms with Gasteiger partial charge in [0.15, 0.2) is 0 Å². The molecule has 5 nitrogen and oxygen atoms in total. The van der Waals surface area contributed by atoms with Crippen LogP contribution in [-0.2, 0) is 6.54 Å². The first-order valence-electron chi connectivity index (χ1n) is 5.41. The molecule has 0 amide bonds. The molecule has 1 heterocycles. The molecule has 0 aliphatic heterocycles. The van der Waals surface area contributed by atoms with Crippen LogP contribution >= 0.6 is 0 Å². The summed E-state index contributed by atoms with van der Waals surface area (Å²) in [6.07, 6.45) is 1.64. The molecule has 0 saturated heterocycles. The summed E-state index contributed by atoms with van der Waals surface area (Å²) in [5, 5.41) is 18.9. The number of unbranched alkanes of at least 4 members (excludes halogenated alkanes) is 1. The molecule has 90 valence electrons. The van der Waals surface area contributed by atoms with Crippen LogP contribution in [0.25, 0.3) is 0 Å². The zero-order chi connectivity index (χ0) is 13.0. The van der Waals surface area contributed by atoms with Crippen LogP contribution in [-0.4, -0.2) is 16.4 Å². The average Bonchev–Trinajstić information content (AvgIpc) is 2.30. The molecule has 1 aromatic heterocycles. The first-order chi connectivity index (χ1) is 8.08. The minimum absolute atomic E-state index is 0.0151. The number of nitriles is 1. The number of aromatic hydroxyl groups is 1. The Kier molecular flexibility index (Phi) is 4.05. The number of hydrogen-bond donors (Lipinski definition) is 1. The summed E-state index contributed by atoms with van der Waals surface area (Å²) in [5.74, 6) is -0.213. The Bertz CT molecular complexity index is 538. The van der Waals surface area contributed by atoms with Gasteiger partial charge in [-0.2, -0.15) is 5.26 Å². The number of rotatable bonds is 4. The van der Waals surface area contributed by atoms with Gasteiger partial charge in [-0.15, -0.1) is 0 Å². The van der Waals surface area contributed by atoms with E-state index in [0.717, 1.165) is 12.8 Å². The second kappa shape index (κ2) is 5.30. The van der Waals surface area contributed by atoms with Gasteiger partial charge in [0.2, 0.25) is 5.88 Å². The molecule has 0 spiro atoms. The van der Waals surface area contributed by atoms with E-state index in [9.17, 15) is 9.90 Å². The molecule has 1 N–H and O–H groups in total. The maximum atomic E-state index is 11.9. The first-order valence-corrected chi connectivity index (χ1v) is 5.41. The number of aliphatic imine (C=N–C) groups is 1. The lowest BCUT2D eigenvalue weighted by Crippen LogP contribution is -2.23. The molecule has 17 heavy (non-hydrogen) atoms. The van der Waals surface area contributed by atoms with Crippen molar-refractivity contribution >= 4 is 12.4 Å². The second-order valence-electron chi connectivity index (χ2n) is 3.75. The van der Waals surface area contributed by atoms with E-state index >= 15 is 0 Å². The third-order valence-electron chi connectivity index (χ3n) is 2.66. The fraction of sp³-hybridized carbons (Fsp3) is 0.417. The van der Waals surface area contributed by atoms with Crippen molar-refractivity contribution < 1.29 is 5.11 Å². The zero-order valence-corrected chi connectivity index (χ0v) is 10.0. The Morgan fingerprint density at radius 2 is 2.24 bits per heavy atom. The molecule has 5 heteroatoms. The second-order valence-corrected chi connectivity index (χ2v) is 3.75. The summed E-state index contributed by atoms with van der Waals surface area (Å²) in [7, 11) is 0. The molecular formula is C12H15N3O2. The molecular weight excluding hydrogens is 218 g/mol. The van der Waals surface area contributed by atoms with Crippen LogP contribution in [0.3, 0.4) is 0 Å². The molecule has 0 radical (unpaired) electrons. The quantitative estimate of drug-likeness (QED) is 0.806. The van der Waals surface area contributed by atoms with Crippen LogP contribution in [0.15, 0.2) is 9.79 Å².